The molecule has 3 heteroatoms. The highest BCUT2D eigenvalue weighted by Gasteiger charge is 2.41. The van der Waals surface area contributed by atoms with Crippen molar-refractivity contribution in [1.29, 1.82) is 0 Å². The lowest BCUT2D eigenvalue weighted by molar-refractivity contribution is 0.414. The van der Waals surface area contributed by atoms with Gasteiger partial charge in [0.1, 0.15) is 5.75 Å². The Morgan fingerprint density at radius 3 is 2.57 bits per heavy atom. The van der Waals surface area contributed by atoms with Gasteiger partial charge in [0.25, 0.3) is 0 Å². The van der Waals surface area contributed by atoms with Crippen molar-refractivity contribution in [2.75, 3.05) is 7.11 Å². The summed E-state index contributed by atoms with van der Waals surface area (Å²) in [6.07, 6.45) is 2.10. The topological polar surface area (TPSA) is 35.2 Å². The number of benzene rings is 1. The van der Waals surface area contributed by atoms with Crippen LogP contribution in [0.4, 0.5) is 0 Å². The van der Waals surface area contributed by atoms with Gasteiger partial charge in [0.15, 0.2) is 0 Å². The summed E-state index contributed by atoms with van der Waals surface area (Å²) in [5.74, 6) is 0.720. The Hall–Kier alpha value is -0.730. The molecule has 0 saturated heterocycles. The van der Waals surface area contributed by atoms with Crippen molar-refractivity contribution in [3.8, 4) is 5.75 Å². The number of hydrogen-bond acceptors (Lipinski definition) is 2. The predicted molar refractivity (Wildman–Crippen MR) is 57.8 cm³/mol. The summed E-state index contributed by atoms with van der Waals surface area (Å²) in [6.45, 7) is 2.04. The van der Waals surface area contributed by atoms with Crippen molar-refractivity contribution in [1.82, 2.24) is 0 Å². The molecule has 76 valence electrons. The van der Waals surface area contributed by atoms with E-state index in [0.717, 1.165) is 29.7 Å². The van der Waals surface area contributed by atoms with Crippen LogP contribution in [0.25, 0.3) is 0 Å². The van der Waals surface area contributed by atoms with Crippen LogP contribution in [-0.2, 0) is 5.54 Å². The largest absolute Gasteiger partial charge is 0.495 e. The molecule has 1 saturated carbocycles. The van der Waals surface area contributed by atoms with Crippen LogP contribution in [0, 0.1) is 6.92 Å². The van der Waals surface area contributed by atoms with E-state index in [0.29, 0.717) is 5.02 Å². The Kier molecular flexibility index (Phi) is 2.20. The summed E-state index contributed by atoms with van der Waals surface area (Å²) in [5, 5.41) is 0.643. The third-order valence-electron chi connectivity index (χ3n) is 2.82. The molecule has 0 unspecified atom stereocenters. The number of ether oxygens (including phenoxy) is 1. The fourth-order valence-corrected chi connectivity index (χ4v) is 1.99. The summed E-state index contributed by atoms with van der Waals surface area (Å²) in [5.41, 5.74) is 8.32. The van der Waals surface area contributed by atoms with Crippen molar-refractivity contribution in [2.24, 2.45) is 5.73 Å². The van der Waals surface area contributed by atoms with E-state index in [1.54, 1.807) is 7.11 Å². The Morgan fingerprint density at radius 1 is 1.43 bits per heavy atom. The van der Waals surface area contributed by atoms with Gasteiger partial charge in [-0.15, -0.1) is 0 Å². The number of halogens is 1. The zero-order chi connectivity index (χ0) is 10.3. The first-order chi connectivity index (χ1) is 6.57. The van der Waals surface area contributed by atoms with Gasteiger partial charge in [-0.1, -0.05) is 11.6 Å². The fraction of sp³-hybridized carbons (Fsp3) is 0.455. The molecule has 1 aliphatic carbocycles. The second kappa shape index (κ2) is 3.14. The van der Waals surface area contributed by atoms with E-state index in [1.165, 1.54) is 0 Å². The van der Waals surface area contributed by atoms with Crippen molar-refractivity contribution >= 4 is 11.6 Å². The fourth-order valence-electron chi connectivity index (χ4n) is 1.75. The molecule has 0 heterocycles. The Morgan fingerprint density at radius 2 is 2.07 bits per heavy atom. The van der Waals surface area contributed by atoms with Crippen molar-refractivity contribution in [3.05, 3.63) is 28.3 Å². The average molecular weight is 212 g/mol. The van der Waals surface area contributed by atoms with E-state index in [9.17, 15) is 0 Å². The van der Waals surface area contributed by atoms with Crippen LogP contribution in [0.2, 0.25) is 5.02 Å². The molecular formula is C11H14ClNO. The first kappa shape index (κ1) is 9.81. The van der Waals surface area contributed by atoms with Gasteiger partial charge in [0, 0.05) is 5.54 Å². The number of nitrogens with two attached hydrogens (primary N) is 1. The zero-order valence-electron chi connectivity index (χ0n) is 8.43. The quantitative estimate of drug-likeness (QED) is 0.816. The van der Waals surface area contributed by atoms with Gasteiger partial charge in [0.05, 0.1) is 12.1 Å². The molecule has 0 spiro atoms. The maximum atomic E-state index is 6.13. The molecule has 2 N–H and O–H groups in total. The molecule has 0 radical (unpaired) electrons. The summed E-state index contributed by atoms with van der Waals surface area (Å²) in [6, 6.07) is 3.88. The summed E-state index contributed by atoms with van der Waals surface area (Å²) >= 11 is 6.05. The third-order valence-corrected chi connectivity index (χ3v) is 3.12. The highest BCUT2D eigenvalue weighted by molar-refractivity contribution is 6.32. The molecular weight excluding hydrogens is 198 g/mol. The van der Waals surface area contributed by atoms with Gasteiger partial charge in [-0.2, -0.15) is 0 Å². The third kappa shape index (κ3) is 1.49. The van der Waals surface area contributed by atoms with E-state index in [4.69, 9.17) is 22.1 Å². The summed E-state index contributed by atoms with van der Waals surface area (Å²) < 4.78 is 5.14. The summed E-state index contributed by atoms with van der Waals surface area (Å²) in [7, 11) is 1.62. The van der Waals surface area contributed by atoms with E-state index in [1.807, 2.05) is 19.1 Å². The van der Waals surface area contributed by atoms with E-state index < -0.39 is 0 Å². The highest BCUT2D eigenvalue weighted by Crippen LogP contribution is 2.46. The molecule has 0 atom stereocenters. The molecule has 14 heavy (non-hydrogen) atoms. The van der Waals surface area contributed by atoms with Crippen molar-refractivity contribution < 1.29 is 4.74 Å². The SMILES string of the molecule is COc1cc(C)c(C2(N)CC2)cc1Cl. The second-order valence-electron chi connectivity index (χ2n) is 3.96. The molecule has 0 amide bonds. The van der Waals surface area contributed by atoms with Crippen LogP contribution in [0.15, 0.2) is 12.1 Å². The van der Waals surface area contributed by atoms with Crippen molar-refractivity contribution in [3.63, 3.8) is 0 Å². The maximum Gasteiger partial charge on any atom is 0.137 e. The predicted octanol–water partition coefficient (Wildman–Crippen LogP) is 2.60. The second-order valence-corrected chi connectivity index (χ2v) is 4.37. The Labute approximate surface area is 89.0 Å². The van der Waals surface area contributed by atoms with Crippen LogP contribution in [0.1, 0.15) is 24.0 Å². The van der Waals surface area contributed by atoms with Gasteiger partial charge < -0.3 is 10.5 Å². The molecule has 1 aliphatic rings. The lowest BCUT2D eigenvalue weighted by Gasteiger charge is -2.15. The average Bonchev–Trinajstić information content (AvgIpc) is 2.88. The van der Waals surface area contributed by atoms with Gasteiger partial charge in [-0.05, 0) is 43.0 Å². The van der Waals surface area contributed by atoms with Crippen LogP contribution in [0.5, 0.6) is 5.75 Å². The van der Waals surface area contributed by atoms with Gasteiger partial charge in [0.2, 0.25) is 0 Å². The lowest BCUT2D eigenvalue weighted by Crippen LogP contribution is -2.20. The molecule has 0 bridgehead atoms. The standard InChI is InChI=1S/C11H14ClNO/c1-7-5-10(14-2)9(12)6-8(7)11(13)3-4-11/h5-6H,3-4,13H2,1-2H3. The highest BCUT2D eigenvalue weighted by atomic mass is 35.5. The van der Waals surface area contributed by atoms with Crippen LogP contribution >= 0.6 is 11.6 Å². The normalized spacial score (nSPS) is 18.0. The van der Waals surface area contributed by atoms with Crippen LogP contribution in [-0.4, -0.2) is 7.11 Å². The number of hydrogen-bond donors (Lipinski definition) is 1. The number of methoxy groups -OCH3 is 1. The number of rotatable bonds is 2. The molecule has 0 aliphatic heterocycles. The lowest BCUT2D eigenvalue weighted by atomic mass is 10.00. The zero-order valence-corrected chi connectivity index (χ0v) is 9.19. The minimum Gasteiger partial charge on any atom is -0.495 e. The van der Waals surface area contributed by atoms with Gasteiger partial charge >= 0.3 is 0 Å². The van der Waals surface area contributed by atoms with Gasteiger partial charge in [-0.3, -0.25) is 0 Å². The first-order valence-electron chi connectivity index (χ1n) is 4.70. The Bertz CT molecular complexity index is 372. The molecule has 2 rings (SSSR count). The molecule has 1 fully saturated rings. The van der Waals surface area contributed by atoms with E-state index in [2.05, 4.69) is 0 Å². The molecule has 0 aromatic heterocycles. The van der Waals surface area contributed by atoms with E-state index >= 15 is 0 Å². The minimum absolute atomic E-state index is 0.125. The van der Waals surface area contributed by atoms with E-state index in [-0.39, 0.29) is 5.54 Å². The van der Waals surface area contributed by atoms with Crippen LogP contribution < -0.4 is 10.5 Å². The van der Waals surface area contributed by atoms with Crippen LogP contribution in [0.3, 0.4) is 0 Å². The first-order valence-corrected chi connectivity index (χ1v) is 5.08. The minimum atomic E-state index is -0.125. The maximum absolute atomic E-state index is 6.13. The Balaban J connectivity index is 2.48. The van der Waals surface area contributed by atoms with Gasteiger partial charge in [-0.25, -0.2) is 0 Å². The molecule has 1 aromatic carbocycles. The number of aryl methyl sites for hydroxylation is 1. The molecule has 2 nitrogen and oxygen atoms in total. The van der Waals surface area contributed by atoms with Crippen molar-refractivity contribution in [2.45, 2.75) is 25.3 Å². The monoisotopic (exact) mass is 211 g/mol. The molecule has 1 aromatic rings. The summed E-state index contributed by atoms with van der Waals surface area (Å²) in [4.78, 5) is 0. The smallest absolute Gasteiger partial charge is 0.137 e.